The maximum absolute atomic E-state index is 12.4. The van der Waals surface area contributed by atoms with E-state index in [0.717, 1.165) is 25.9 Å². The Morgan fingerprint density at radius 2 is 1.92 bits per heavy atom. The van der Waals surface area contributed by atoms with Crippen molar-refractivity contribution in [1.82, 2.24) is 9.80 Å². The second-order valence-electron chi connectivity index (χ2n) is 7.09. The van der Waals surface area contributed by atoms with Gasteiger partial charge in [0.25, 0.3) is 5.91 Å². The first kappa shape index (κ1) is 19.0. The lowest BCUT2D eigenvalue weighted by Gasteiger charge is -2.34. The van der Waals surface area contributed by atoms with Gasteiger partial charge in [-0.25, -0.2) is 0 Å². The van der Waals surface area contributed by atoms with Gasteiger partial charge in [0, 0.05) is 25.0 Å². The summed E-state index contributed by atoms with van der Waals surface area (Å²) < 4.78 is 0. The van der Waals surface area contributed by atoms with Crippen molar-refractivity contribution in [2.45, 2.75) is 38.6 Å². The lowest BCUT2D eigenvalue weighted by molar-refractivity contribution is -0.112. The third-order valence-electron chi connectivity index (χ3n) is 4.80. The van der Waals surface area contributed by atoms with Gasteiger partial charge in [-0.1, -0.05) is 26.0 Å². The Labute approximate surface area is 150 Å². The molecule has 1 amide bonds. The fourth-order valence-corrected chi connectivity index (χ4v) is 3.00. The first-order chi connectivity index (χ1) is 11.9. The van der Waals surface area contributed by atoms with Crippen molar-refractivity contribution >= 4 is 11.6 Å². The highest BCUT2D eigenvalue weighted by Crippen LogP contribution is 2.18. The maximum atomic E-state index is 12.4. The number of nitriles is 1. The van der Waals surface area contributed by atoms with Gasteiger partial charge >= 0.3 is 0 Å². The smallest absolute Gasteiger partial charge is 0.267 e. The summed E-state index contributed by atoms with van der Waals surface area (Å²) in [5.41, 5.74) is 2.06. The zero-order valence-corrected chi connectivity index (χ0v) is 15.6. The summed E-state index contributed by atoms with van der Waals surface area (Å²) in [5.74, 6) is 0.0853. The average Bonchev–Trinajstić information content (AvgIpc) is 2.60. The Morgan fingerprint density at radius 1 is 1.32 bits per heavy atom. The number of hydrogen-bond acceptors (Lipinski definition) is 4. The molecular formula is C20H28N4O. The monoisotopic (exact) mass is 340 g/mol. The maximum Gasteiger partial charge on any atom is 0.267 e. The van der Waals surface area contributed by atoms with Crippen LogP contribution in [-0.2, 0) is 4.79 Å². The van der Waals surface area contributed by atoms with Gasteiger partial charge in [-0.05, 0) is 56.6 Å². The third-order valence-corrected chi connectivity index (χ3v) is 4.80. The van der Waals surface area contributed by atoms with Gasteiger partial charge in [-0.2, -0.15) is 5.26 Å². The minimum atomic E-state index is -0.362. The number of rotatable bonds is 5. The van der Waals surface area contributed by atoms with E-state index in [1.165, 1.54) is 5.56 Å². The molecule has 5 heteroatoms. The number of benzene rings is 1. The molecule has 0 aliphatic carbocycles. The molecule has 0 atom stereocenters. The van der Waals surface area contributed by atoms with E-state index < -0.39 is 0 Å². The molecule has 0 spiro atoms. The number of carbonyl (C=O) groups is 1. The predicted octanol–water partition coefficient (Wildman–Crippen LogP) is 3.18. The highest BCUT2D eigenvalue weighted by molar-refractivity contribution is 6.06. The van der Waals surface area contributed by atoms with Crippen molar-refractivity contribution < 1.29 is 4.79 Å². The zero-order chi connectivity index (χ0) is 18.4. The van der Waals surface area contributed by atoms with Gasteiger partial charge in [-0.3, -0.25) is 4.79 Å². The van der Waals surface area contributed by atoms with Crippen LogP contribution in [0.1, 0.15) is 38.2 Å². The van der Waals surface area contributed by atoms with E-state index in [-0.39, 0.29) is 11.5 Å². The van der Waals surface area contributed by atoms with Crippen LogP contribution in [0.5, 0.6) is 0 Å². The molecule has 0 aromatic heterocycles. The van der Waals surface area contributed by atoms with Crippen molar-refractivity contribution in [2.24, 2.45) is 0 Å². The van der Waals surface area contributed by atoms with E-state index in [1.54, 1.807) is 6.20 Å². The summed E-state index contributed by atoms with van der Waals surface area (Å²) >= 11 is 0. The van der Waals surface area contributed by atoms with Crippen molar-refractivity contribution in [3.05, 3.63) is 41.6 Å². The van der Waals surface area contributed by atoms with E-state index in [2.05, 4.69) is 31.1 Å². The van der Waals surface area contributed by atoms with Gasteiger partial charge in [0.2, 0.25) is 0 Å². The number of nitrogens with one attached hydrogen (secondary N) is 1. The molecule has 1 aromatic rings. The predicted molar refractivity (Wildman–Crippen MR) is 101 cm³/mol. The standard InChI is InChI=1S/C20H28N4O/c1-15(2)16-5-7-18(8-6-16)22-20(25)17(13-21)14-24(4)19-9-11-23(3)12-10-19/h5-8,14-15,19H,9-12H2,1-4H3,(H,22,25)/b17-14-. The van der Waals surface area contributed by atoms with Crippen molar-refractivity contribution in [1.29, 1.82) is 5.26 Å². The molecule has 2 rings (SSSR count). The number of amides is 1. The summed E-state index contributed by atoms with van der Waals surface area (Å²) in [7, 11) is 4.06. The van der Waals surface area contributed by atoms with E-state index in [1.807, 2.05) is 42.3 Å². The van der Waals surface area contributed by atoms with Crippen molar-refractivity contribution in [3.8, 4) is 6.07 Å². The number of hydrogen-bond donors (Lipinski definition) is 1. The topological polar surface area (TPSA) is 59.4 Å². The molecule has 0 saturated carbocycles. The molecule has 1 fully saturated rings. The Morgan fingerprint density at radius 3 is 2.44 bits per heavy atom. The van der Waals surface area contributed by atoms with Crippen LogP contribution in [0.2, 0.25) is 0 Å². The molecule has 1 saturated heterocycles. The van der Waals surface area contributed by atoms with Crippen LogP contribution in [0.3, 0.4) is 0 Å². The van der Waals surface area contributed by atoms with Gasteiger partial charge in [0.15, 0.2) is 0 Å². The SMILES string of the molecule is CC(C)c1ccc(NC(=O)/C(C#N)=C\N(C)C2CCN(C)CC2)cc1. The van der Waals surface area contributed by atoms with E-state index >= 15 is 0 Å². The van der Waals surface area contributed by atoms with Crippen LogP contribution in [-0.4, -0.2) is 48.9 Å². The van der Waals surface area contributed by atoms with E-state index in [0.29, 0.717) is 17.6 Å². The minimum Gasteiger partial charge on any atom is -0.376 e. The lowest BCUT2D eigenvalue weighted by atomic mass is 10.0. The molecule has 1 N–H and O–H groups in total. The van der Waals surface area contributed by atoms with Crippen LogP contribution >= 0.6 is 0 Å². The minimum absolute atomic E-state index is 0.134. The average molecular weight is 340 g/mol. The Balaban J connectivity index is 2.01. The second kappa shape index (κ2) is 8.68. The molecule has 1 aliphatic rings. The first-order valence-electron chi connectivity index (χ1n) is 8.84. The molecular weight excluding hydrogens is 312 g/mol. The fraction of sp³-hybridized carbons (Fsp3) is 0.500. The zero-order valence-electron chi connectivity index (χ0n) is 15.6. The molecule has 0 unspecified atom stereocenters. The summed E-state index contributed by atoms with van der Waals surface area (Å²) in [6.07, 6.45) is 3.76. The Kier molecular flexibility index (Phi) is 6.60. The molecule has 1 aromatic carbocycles. The number of nitrogens with zero attached hydrogens (tertiary/aromatic N) is 3. The van der Waals surface area contributed by atoms with E-state index in [4.69, 9.17) is 0 Å². The van der Waals surface area contributed by atoms with Crippen molar-refractivity contribution in [3.63, 3.8) is 0 Å². The third kappa shape index (κ3) is 5.33. The van der Waals surface area contributed by atoms with Crippen LogP contribution in [0.25, 0.3) is 0 Å². The second-order valence-corrected chi connectivity index (χ2v) is 7.09. The molecule has 0 radical (unpaired) electrons. The lowest BCUT2D eigenvalue weighted by Crippen LogP contribution is -2.40. The Hall–Kier alpha value is -2.32. The summed E-state index contributed by atoms with van der Waals surface area (Å²) in [6.45, 7) is 6.34. The van der Waals surface area contributed by atoms with Gasteiger partial charge < -0.3 is 15.1 Å². The highest BCUT2D eigenvalue weighted by atomic mass is 16.1. The quantitative estimate of drug-likeness (QED) is 0.661. The van der Waals surface area contributed by atoms with Gasteiger partial charge in [0.05, 0.1) is 0 Å². The number of anilines is 1. The highest BCUT2D eigenvalue weighted by Gasteiger charge is 2.20. The van der Waals surface area contributed by atoms with Crippen LogP contribution in [0.4, 0.5) is 5.69 Å². The van der Waals surface area contributed by atoms with Crippen LogP contribution in [0.15, 0.2) is 36.0 Å². The normalized spacial score (nSPS) is 16.6. The Bertz CT molecular complexity index is 649. The summed E-state index contributed by atoms with van der Waals surface area (Å²) in [5, 5.41) is 12.2. The largest absolute Gasteiger partial charge is 0.376 e. The number of carbonyl (C=O) groups excluding carboxylic acids is 1. The number of piperidine rings is 1. The molecule has 0 bridgehead atoms. The molecule has 134 valence electrons. The first-order valence-corrected chi connectivity index (χ1v) is 8.84. The fourth-order valence-electron chi connectivity index (χ4n) is 3.00. The van der Waals surface area contributed by atoms with Crippen LogP contribution in [0, 0.1) is 11.3 Å². The number of likely N-dealkylation sites (tertiary alicyclic amines) is 1. The molecule has 1 heterocycles. The van der Waals surface area contributed by atoms with E-state index in [9.17, 15) is 10.1 Å². The van der Waals surface area contributed by atoms with Crippen LogP contribution < -0.4 is 5.32 Å². The van der Waals surface area contributed by atoms with Gasteiger partial charge in [-0.15, -0.1) is 0 Å². The molecule has 5 nitrogen and oxygen atoms in total. The molecule has 25 heavy (non-hydrogen) atoms. The molecule has 1 aliphatic heterocycles. The van der Waals surface area contributed by atoms with Gasteiger partial charge in [0.1, 0.15) is 11.6 Å². The summed E-state index contributed by atoms with van der Waals surface area (Å²) in [4.78, 5) is 16.7. The van der Waals surface area contributed by atoms with Crippen molar-refractivity contribution in [2.75, 3.05) is 32.5 Å². The summed E-state index contributed by atoms with van der Waals surface area (Å²) in [6, 6.07) is 10.2.